The number of fused-ring (bicyclic) bond motifs is 2. The highest BCUT2D eigenvalue weighted by Gasteiger charge is 2.39. The van der Waals surface area contributed by atoms with Gasteiger partial charge >= 0.3 is 6.18 Å². The van der Waals surface area contributed by atoms with Gasteiger partial charge in [-0.1, -0.05) is 6.07 Å². The maximum absolute atomic E-state index is 13.0. The standard InChI is InChI=1S/C14H15ClF3N/c15-7-10-2-4-12(6-13(10)14(16,17)18)19-8-9-1-3-11(19)5-9/h2,4,6,9,11H,1,3,5,7-8H2. The molecule has 2 bridgehead atoms. The van der Waals surface area contributed by atoms with E-state index in [0.29, 0.717) is 17.6 Å². The van der Waals surface area contributed by atoms with Crippen molar-refractivity contribution in [1.82, 2.24) is 0 Å². The quantitative estimate of drug-likeness (QED) is 0.728. The summed E-state index contributed by atoms with van der Waals surface area (Å²) in [4.78, 5) is 2.13. The van der Waals surface area contributed by atoms with Crippen molar-refractivity contribution >= 4 is 17.3 Å². The van der Waals surface area contributed by atoms with Crippen LogP contribution in [0.2, 0.25) is 0 Å². The molecule has 2 unspecified atom stereocenters. The summed E-state index contributed by atoms with van der Waals surface area (Å²) in [6.07, 6.45) is -0.895. The van der Waals surface area contributed by atoms with Crippen LogP contribution in [-0.4, -0.2) is 12.6 Å². The van der Waals surface area contributed by atoms with Crippen LogP contribution in [0.5, 0.6) is 0 Å². The molecule has 0 spiro atoms. The lowest BCUT2D eigenvalue weighted by Crippen LogP contribution is -2.32. The van der Waals surface area contributed by atoms with Gasteiger partial charge in [-0.25, -0.2) is 0 Å². The molecule has 1 aromatic rings. The average Bonchev–Trinajstić information content (AvgIpc) is 2.99. The summed E-state index contributed by atoms with van der Waals surface area (Å²) < 4.78 is 39.0. The van der Waals surface area contributed by atoms with Crippen LogP contribution in [0, 0.1) is 5.92 Å². The second-order valence-electron chi connectivity index (χ2n) is 5.46. The first-order valence-corrected chi connectivity index (χ1v) is 7.05. The normalized spacial score (nSPS) is 26.2. The van der Waals surface area contributed by atoms with E-state index in [1.165, 1.54) is 18.6 Å². The van der Waals surface area contributed by atoms with E-state index in [2.05, 4.69) is 4.90 Å². The number of anilines is 1. The van der Waals surface area contributed by atoms with Crippen LogP contribution in [0.3, 0.4) is 0 Å². The van der Waals surface area contributed by atoms with Crippen LogP contribution < -0.4 is 4.90 Å². The van der Waals surface area contributed by atoms with Gasteiger partial charge < -0.3 is 4.90 Å². The molecule has 3 rings (SSSR count). The number of nitrogens with zero attached hydrogens (tertiary/aromatic N) is 1. The molecule has 0 aromatic heterocycles. The molecule has 5 heteroatoms. The third kappa shape index (κ3) is 2.31. The predicted molar refractivity (Wildman–Crippen MR) is 69.5 cm³/mol. The molecule has 2 atom stereocenters. The minimum absolute atomic E-state index is 0.110. The average molecular weight is 290 g/mol. The monoisotopic (exact) mass is 289 g/mol. The predicted octanol–water partition coefficient (Wildman–Crippen LogP) is 4.43. The van der Waals surface area contributed by atoms with Crippen molar-refractivity contribution in [2.24, 2.45) is 5.92 Å². The Hall–Kier alpha value is -0.900. The molecule has 2 aliphatic rings. The number of rotatable bonds is 2. The van der Waals surface area contributed by atoms with E-state index in [9.17, 15) is 13.2 Å². The molecule has 0 radical (unpaired) electrons. The Labute approximate surface area is 115 Å². The summed E-state index contributed by atoms with van der Waals surface area (Å²) in [6, 6.07) is 4.97. The van der Waals surface area contributed by atoms with Gasteiger partial charge in [0, 0.05) is 24.2 Å². The molecule has 1 nitrogen and oxygen atoms in total. The lowest BCUT2D eigenvalue weighted by molar-refractivity contribution is -0.138. The van der Waals surface area contributed by atoms with Gasteiger partial charge in [-0.3, -0.25) is 0 Å². The van der Waals surface area contributed by atoms with Crippen LogP contribution in [0.25, 0.3) is 0 Å². The van der Waals surface area contributed by atoms with Crippen LogP contribution in [0.15, 0.2) is 18.2 Å². The molecule has 2 fully saturated rings. The SMILES string of the molecule is FC(F)(F)c1cc(N2CC3CCC2C3)ccc1CCl. The van der Waals surface area contributed by atoms with E-state index < -0.39 is 11.7 Å². The zero-order chi connectivity index (χ0) is 13.6. The van der Waals surface area contributed by atoms with Crippen LogP contribution in [0.4, 0.5) is 18.9 Å². The smallest absolute Gasteiger partial charge is 0.368 e. The minimum Gasteiger partial charge on any atom is -0.368 e. The van der Waals surface area contributed by atoms with Crippen LogP contribution in [0.1, 0.15) is 30.4 Å². The fourth-order valence-electron chi connectivity index (χ4n) is 3.36. The highest BCUT2D eigenvalue weighted by molar-refractivity contribution is 6.17. The largest absolute Gasteiger partial charge is 0.416 e. The van der Waals surface area contributed by atoms with Crippen molar-refractivity contribution in [3.8, 4) is 0 Å². The summed E-state index contributed by atoms with van der Waals surface area (Å²) in [5.74, 6) is 0.549. The minimum atomic E-state index is -4.33. The van der Waals surface area contributed by atoms with Gasteiger partial charge in [-0.2, -0.15) is 13.2 Å². The van der Waals surface area contributed by atoms with Gasteiger partial charge in [0.1, 0.15) is 0 Å². The maximum atomic E-state index is 13.0. The van der Waals surface area contributed by atoms with Gasteiger partial charge in [0.2, 0.25) is 0 Å². The van der Waals surface area contributed by atoms with Crippen molar-refractivity contribution in [3.05, 3.63) is 29.3 Å². The Balaban J connectivity index is 1.95. The topological polar surface area (TPSA) is 3.24 Å². The van der Waals surface area contributed by atoms with E-state index in [1.54, 1.807) is 6.07 Å². The number of piperidine rings is 1. The van der Waals surface area contributed by atoms with Gasteiger partial charge in [0.25, 0.3) is 0 Å². The molecule has 1 saturated carbocycles. The van der Waals surface area contributed by atoms with Gasteiger partial charge in [0.15, 0.2) is 0 Å². The number of hydrogen-bond donors (Lipinski definition) is 0. The number of hydrogen-bond acceptors (Lipinski definition) is 1. The van der Waals surface area contributed by atoms with Crippen LogP contribution in [-0.2, 0) is 12.1 Å². The molecule has 0 N–H and O–H groups in total. The molecule has 1 aliphatic heterocycles. The summed E-state index contributed by atoms with van der Waals surface area (Å²) in [6.45, 7) is 0.891. The second-order valence-corrected chi connectivity index (χ2v) is 5.73. The summed E-state index contributed by atoms with van der Waals surface area (Å²) >= 11 is 5.60. The fourth-order valence-corrected chi connectivity index (χ4v) is 3.60. The molecular weight excluding hydrogens is 275 g/mol. The van der Waals surface area contributed by atoms with E-state index in [1.807, 2.05) is 0 Å². The van der Waals surface area contributed by atoms with E-state index in [4.69, 9.17) is 11.6 Å². The molecule has 1 heterocycles. The van der Waals surface area contributed by atoms with Crippen molar-refractivity contribution < 1.29 is 13.2 Å². The Bertz CT molecular complexity index is 486. The van der Waals surface area contributed by atoms with Crippen molar-refractivity contribution in [2.75, 3.05) is 11.4 Å². The Morgan fingerprint density at radius 3 is 2.58 bits per heavy atom. The number of alkyl halides is 4. The fraction of sp³-hybridized carbons (Fsp3) is 0.571. The van der Waals surface area contributed by atoms with E-state index >= 15 is 0 Å². The zero-order valence-electron chi connectivity index (χ0n) is 10.4. The number of benzene rings is 1. The van der Waals surface area contributed by atoms with Crippen molar-refractivity contribution in [2.45, 2.75) is 37.4 Å². The molecule has 1 aromatic carbocycles. The number of halogens is 4. The molecule has 19 heavy (non-hydrogen) atoms. The van der Waals surface area contributed by atoms with Crippen molar-refractivity contribution in [1.29, 1.82) is 0 Å². The van der Waals surface area contributed by atoms with Gasteiger partial charge in [-0.15, -0.1) is 11.6 Å². The molecule has 0 amide bonds. The highest BCUT2D eigenvalue weighted by atomic mass is 35.5. The molecule has 1 saturated heterocycles. The second kappa shape index (κ2) is 4.58. The molecular formula is C14H15ClF3N. The van der Waals surface area contributed by atoms with Crippen molar-refractivity contribution in [3.63, 3.8) is 0 Å². The lowest BCUT2D eigenvalue weighted by atomic mass is 10.0. The first-order valence-electron chi connectivity index (χ1n) is 6.52. The first-order chi connectivity index (χ1) is 8.99. The maximum Gasteiger partial charge on any atom is 0.416 e. The Morgan fingerprint density at radius 1 is 1.26 bits per heavy atom. The first kappa shape index (κ1) is 13.1. The summed E-state index contributed by atoms with van der Waals surface area (Å²) in [5.41, 5.74) is 0.249. The van der Waals surface area contributed by atoms with E-state index in [-0.39, 0.29) is 11.4 Å². The molecule has 104 valence electrons. The van der Waals surface area contributed by atoms with E-state index in [0.717, 1.165) is 19.4 Å². The summed E-state index contributed by atoms with van der Waals surface area (Å²) in [7, 11) is 0. The molecule has 1 aliphatic carbocycles. The Morgan fingerprint density at radius 2 is 2.05 bits per heavy atom. The third-order valence-corrected chi connectivity index (χ3v) is 4.57. The summed E-state index contributed by atoms with van der Waals surface area (Å²) in [5, 5.41) is 0. The third-order valence-electron chi connectivity index (χ3n) is 4.28. The lowest BCUT2D eigenvalue weighted by Gasteiger charge is -2.30. The van der Waals surface area contributed by atoms with Crippen LogP contribution >= 0.6 is 11.6 Å². The highest BCUT2D eigenvalue weighted by Crippen LogP contribution is 2.42. The Kier molecular flexibility index (Phi) is 3.16. The zero-order valence-corrected chi connectivity index (χ0v) is 11.1. The van der Waals surface area contributed by atoms with Gasteiger partial charge in [-0.05, 0) is 42.9 Å². The van der Waals surface area contributed by atoms with Gasteiger partial charge in [0.05, 0.1) is 5.56 Å².